The maximum Gasteiger partial charge on any atom is 0.0700 e. The van der Waals surface area contributed by atoms with Crippen molar-refractivity contribution in [3.8, 4) is 0 Å². The lowest BCUT2D eigenvalue weighted by Crippen LogP contribution is -2.64. The van der Waals surface area contributed by atoms with Crippen molar-refractivity contribution >= 4 is 0 Å². The molecule has 2 heterocycles. The molecule has 1 atom stereocenters. The summed E-state index contributed by atoms with van der Waals surface area (Å²) in [6.07, 6.45) is 7.38. The van der Waals surface area contributed by atoms with Gasteiger partial charge in [-0.05, 0) is 31.2 Å². The molecular weight excluding hydrogens is 310 g/mol. The molecule has 1 unspecified atom stereocenters. The summed E-state index contributed by atoms with van der Waals surface area (Å²) in [6, 6.07) is 10.8. The van der Waals surface area contributed by atoms with E-state index in [-0.39, 0.29) is 11.1 Å². The second-order valence-corrected chi connectivity index (χ2v) is 8.34. The molecule has 1 saturated carbocycles. The number of nitrogens with zero attached hydrogens (tertiary/aromatic N) is 2. The van der Waals surface area contributed by atoms with Gasteiger partial charge in [-0.25, -0.2) is 0 Å². The Morgan fingerprint density at radius 2 is 1.68 bits per heavy atom. The van der Waals surface area contributed by atoms with Crippen LogP contribution in [-0.4, -0.2) is 60.3 Å². The van der Waals surface area contributed by atoms with Crippen LogP contribution in [0.15, 0.2) is 30.3 Å². The van der Waals surface area contributed by atoms with Gasteiger partial charge in [0, 0.05) is 51.4 Å². The Kier molecular flexibility index (Phi) is 5.14. The topological polar surface area (TPSA) is 41.7 Å². The molecule has 1 aliphatic carbocycles. The molecule has 0 bridgehead atoms. The highest BCUT2D eigenvalue weighted by Crippen LogP contribution is 2.45. The van der Waals surface area contributed by atoms with Crippen LogP contribution in [0.2, 0.25) is 0 Å². The van der Waals surface area contributed by atoms with Gasteiger partial charge < -0.3 is 10.5 Å². The van der Waals surface area contributed by atoms with Crippen LogP contribution in [0, 0.1) is 0 Å². The van der Waals surface area contributed by atoms with Gasteiger partial charge in [-0.3, -0.25) is 9.80 Å². The normalized spacial score (nSPS) is 30.8. The third-order valence-electron chi connectivity index (χ3n) is 6.81. The summed E-state index contributed by atoms with van der Waals surface area (Å²) in [4.78, 5) is 5.29. The Hall–Kier alpha value is -0.940. The van der Waals surface area contributed by atoms with Crippen molar-refractivity contribution in [1.82, 2.24) is 9.80 Å². The third-order valence-corrected chi connectivity index (χ3v) is 6.81. The number of hydrogen-bond donors (Lipinski definition) is 1. The lowest BCUT2D eigenvalue weighted by atomic mass is 9.77. The van der Waals surface area contributed by atoms with Crippen LogP contribution in [0.5, 0.6) is 0 Å². The van der Waals surface area contributed by atoms with Crippen LogP contribution in [0.1, 0.15) is 44.1 Å². The first-order chi connectivity index (χ1) is 12.2. The van der Waals surface area contributed by atoms with Crippen molar-refractivity contribution in [2.24, 2.45) is 5.73 Å². The molecule has 4 rings (SSSR count). The fourth-order valence-corrected chi connectivity index (χ4v) is 5.33. The predicted octanol–water partition coefficient (Wildman–Crippen LogP) is 2.62. The number of nitrogens with two attached hydrogens (primary N) is 1. The second kappa shape index (κ2) is 7.36. The molecule has 25 heavy (non-hydrogen) atoms. The smallest absolute Gasteiger partial charge is 0.0700 e. The van der Waals surface area contributed by atoms with Gasteiger partial charge >= 0.3 is 0 Å². The average molecular weight is 344 g/mol. The molecule has 4 nitrogen and oxygen atoms in total. The quantitative estimate of drug-likeness (QED) is 0.912. The highest BCUT2D eigenvalue weighted by atomic mass is 16.5. The van der Waals surface area contributed by atoms with E-state index in [9.17, 15) is 0 Å². The van der Waals surface area contributed by atoms with Crippen molar-refractivity contribution in [3.63, 3.8) is 0 Å². The molecule has 1 spiro atoms. The van der Waals surface area contributed by atoms with Crippen molar-refractivity contribution in [2.45, 2.75) is 56.2 Å². The van der Waals surface area contributed by atoms with Crippen molar-refractivity contribution in [2.75, 3.05) is 39.3 Å². The number of piperazine rings is 1. The minimum atomic E-state index is 0.138. The summed E-state index contributed by atoms with van der Waals surface area (Å²) in [5, 5.41) is 0. The molecule has 2 aliphatic heterocycles. The lowest BCUT2D eigenvalue weighted by molar-refractivity contribution is -0.138. The fraction of sp³-hybridized carbons (Fsp3) is 0.714. The monoisotopic (exact) mass is 343 g/mol. The maximum absolute atomic E-state index is 6.37. The Labute approximate surface area is 152 Å². The molecule has 2 N–H and O–H groups in total. The Morgan fingerprint density at radius 3 is 2.36 bits per heavy atom. The first-order valence-corrected chi connectivity index (χ1v) is 10.1. The number of hydrogen-bond acceptors (Lipinski definition) is 4. The van der Waals surface area contributed by atoms with E-state index in [0.29, 0.717) is 0 Å². The van der Waals surface area contributed by atoms with Crippen molar-refractivity contribution in [1.29, 1.82) is 0 Å². The molecule has 4 heteroatoms. The van der Waals surface area contributed by atoms with Gasteiger partial charge in [0.25, 0.3) is 0 Å². The molecule has 3 aliphatic rings. The van der Waals surface area contributed by atoms with Crippen LogP contribution in [0.25, 0.3) is 0 Å². The maximum atomic E-state index is 6.37. The molecule has 0 aromatic heterocycles. The van der Waals surface area contributed by atoms with E-state index < -0.39 is 0 Å². The van der Waals surface area contributed by atoms with Gasteiger partial charge in [-0.1, -0.05) is 43.2 Å². The van der Waals surface area contributed by atoms with Gasteiger partial charge in [0.2, 0.25) is 0 Å². The minimum Gasteiger partial charge on any atom is -0.375 e. The van der Waals surface area contributed by atoms with E-state index in [1.54, 1.807) is 0 Å². The molecule has 1 aromatic carbocycles. The molecule has 1 aromatic rings. The highest BCUT2D eigenvalue weighted by Gasteiger charge is 2.49. The minimum absolute atomic E-state index is 0.138. The van der Waals surface area contributed by atoms with Crippen LogP contribution in [-0.2, 0) is 11.3 Å². The fourth-order valence-electron chi connectivity index (χ4n) is 5.33. The summed E-state index contributed by atoms with van der Waals surface area (Å²) in [6.45, 7) is 7.30. The molecule has 2 saturated heterocycles. The third kappa shape index (κ3) is 3.63. The largest absolute Gasteiger partial charge is 0.375 e. The molecule has 0 radical (unpaired) electrons. The summed E-state index contributed by atoms with van der Waals surface area (Å²) >= 11 is 0. The van der Waals surface area contributed by atoms with Crippen LogP contribution < -0.4 is 5.73 Å². The van der Waals surface area contributed by atoms with Gasteiger partial charge in [-0.15, -0.1) is 0 Å². The van der Waals surface area contributed by atoms with Crippen LogP contribution in [0.4, 0.5) is 0 Å². The van der Waals surface area contributed by atoms with E-state index in [0.717, 1.165) is 58.7 Å². The zero-order valence-electron chi connectivity index (χ0n) is 15.5. The first-order valence-electron chi connectivity index (χ1n) is 10.1. The second-order valence-electron chi connectivity index (χ2n) is 8.34. The van der Waals surface area contributed by atoms with E-state index in [1.807, 2.05) is 0 Å². The number of rotatable bonds is 4. The Balaban J connectivity index is 1.38. The molecular formula is C21H33N3O. The van der Waals surface area contributed by atoms with E-state index >= 15 is 0 Å². The van der Waals surface area contributed by atoms with Crippen LogP contribution >= 0.6 is 0 Å². The number of benzene rings is 1. The van der Waals surface area contributed by atoms with Gasteiger partial charge in [0.15, 0.2) is 0 Å². The summed E-state index contributed by atoms with van der Waals surface area (Å²) in [7, 11) is 0. The first kappa shape index (κ1) is 17.5. The number of ether oxygens (including phenoxy) is 1. The Morgan fingerprint density at radius 1 is 0.960 bits per heavy atom. The summed E-state index contributed by atoms with van der Waals surface area (Å²) < 4.78 is 6.28. The summed E-state index contributed by atoms with van der Waals surface area (Å²) in [5.41, 5.74) is 8.09. The van der Waals surface area contributed by atoms with Crippen molar-refractivity contribution in [3.05, 3.63) is 35.9 Å². The van der Waals surface area contributed by atoms with E-state index in [2.05, 4.69) is 40.1 Å². The van der Waals surface area contributed by atoms with Crippen molar-refractivity contribution < 1.29 is 4.74 Å². The standard InChI is InChI=1S/C21H33N3O/c22-18-20(10-15-25-21(17-20)8-4-5-9-21)24-13-11-23(12-14-24)16-19-6-2-1-3-7-19/h1-3,6-7H,4-5,8-18,22H2. The van der Waals surface area contributed by atoms with Gasteiger partial charge in [0.1, 0.15) is 0 Å². The highest BCUT2D eigenvalue weighted by molar-refractivity contribution is 5.14. The molecule has 3 fully saturated rings. The SMILES string of the molecule is NCC1(N2CCN(Cc3ccccc3)CC2)CCOC2(CCCC2)C1. The zero-order valence-corrected chi connectivity index (χ0v) is 15.5. The zero-order chi connectivity index (χ0) is 17.2. The molecule has 0 amide bonds. The van der Waals surface area contributed by atoms with E-state index in [4.69, 9.17) is 10.5 Å². The predicted molar refractivity (Wildman–Crippen MR) is 101 cm³/mol. The van der Waals surface area contributed by atoms with Gasteiger partial charge in [-0.2, -0.15) is 0 Å². The van der Waals surface area contributed by atoms with E-state index in [1.165, 1.54) is 31.2 Å². The molecule has 138 valence electrons. The van der Waals surface area contributed by atoms with Gasteiger partial charge in [0.05, 0.1) is 5.60 Å². The Bertz CT molecular complexity index is 550. The van der Waals surface area contributed by atoms with Crippen LogP contribution in [0.3, 0.4) is 0 Å². The summed E-state index contributed by atoms with van der Waals surface area (Å²) in [5.74, 6) is 0. The average Bonchev–Trinajstić information content (AvgIpc) is 3.10. The lowest BCUT2D eigenvalue weighted by Gasteiger charge is -2.53.